The summed E-state index contributed by atoms with van der Waals surface area (Å²) >= 11 is 1.62. The zero-order valence-electron chi connectivity index (χ0n) is 9.87. The highest BCUT2D eigenvalue weighted by Crippen LogP contribution is 2.35. The highest BCUT2D eigenvalue weighted by Gasteiger charge is 2.24. The van der Waals surface area contributed by atoms with Gasteiger partial charge in [-0.05, 0) is 17.7 Å². The molecule has 0 aliphatic carbocycles. The fourth-order valence-electron chi connectivity index (χ4n) is 2.09. The monoisotopic (exact) mass is 255 g/mol. The third kappa shape index (κ3) is 2.14. The Morgan fingerprint density at radius 1 is 1.00 bits per heavy atom. The van der Waals surface area contributed by atoms with Gasteiger partial charge in [0.25, 0.3) is 0 Å². The van der Waals surface area contributed by atoms with Crippen LogP contribution < -0.4 is 4.90 Å². The molecule has 1 aliphatic heterocycles. The second-order valence-corrected chi connectivity index (χ2v) is 5.24. The van der Waals surface area contributed by atoms with Crippen molar-refractivity contribution in [1.82, 2.24) is 0 Å². The molecule has 0 atom stereocenters. The minimum absolute atomic E-state index is 0.183. The highest BCUT2D eigenvalue weighted by molar-refractivity contribution is 8.00. The van der Waals surface area contributed by atoms with Gasteiger partial charge in [-0.2, -0.15) is 0 Å². The molecule has 0 aromatic heterocycles. The third-order valence-electron chi connectivity index (χ3n) is 2.99. The average Bonchev–Trinajstić information content (AvgIpc) is 2.43. The van der Waals surface area contributed by atoms with E-state index in [4.69, 9.17) is 0 Å². The maximum atomic E-state index is 12.1. The highest BCUT2D eigenvalue weighted by atomic mass is 32.2. The number of carbonyl (C=O) groups is 1. The standard InChI is InChI=1S/C15H13NOS/c17-15-11-18-14-9-5-4-8-13(14)16(15)10-12-6-2-1-3-7-12/h1-9H,10-11H2. The SMILES string of the molecule is O=C1CSc2ccccc2N1Cc1ccccc1. The number of nitrogens with zero attached hydrogens (tertiary/aromatic N) is 1. The molecular weight excluding hydrogens is 242 g/mol. The van der Waals surface area contributed by atoms with Gasteiger partial charge >= 0.3 is 0 Å². The number of fused-ring (bicyclic) bond motifs is 1. The Hall–Kier alpha value is -1.74. The van der Waals surface area contributed by atoms with Crippen LogP contribution in [0.4, 0.5) is 5.69 Å². The van der Waals surface area contributed by atoms with Crippen molar-refractivity contribution in [3.63, 3.8) is 0 Å². The molecule has 1 amide bonds. The van der Waals surface area contributed by atoms with Crippen molar-refractivity contribution in [3.05, 3.63) is 60.2 Å². The summed E-state index contributed by atoms with van der Waals surface area (Å²) in [5, 5.41) is 0. The molecule has 2 nitrogen and oxygen atoms in total. The normalized spacial score (nSPS) is 14.4. The second-order valence-electron chi connectivity index (χ2n) is 4.22. The number of anilines is 1. The summed E-state index contributed by atoms with van der Waals surface area (Å²) in [5.74, 6) is 0.715. The molecule has 0 spiro atoms. The molecule has 0 saturated carbocycles. The number of carbonyl (C=O) groups excluding carboxylic acids is 1. The second kappa shape index (κ2) is 4.86. The van der Waals surface area contributed by atoms with Crippen LogP contribution in [0.3, 0.4) is 0 Å². The van der Waals surface area contributed by atoms with E-state index < -0.39 is 0 Å². The van der Waals surface area contributed by atoms with Gasteiger partial charge in [0.2, 0.25) is 5.91 Å². The third-order valence-corrected chi connectivity index (χ3v) is 4.04. The van der Waals surface area contributed by atoms with Gasteiger partial charge in [-0.25, -0.2) is 0 Å². The topological polar surface area (TPSA) is 20.3 Å². The lowest BCUT2D eigenvalue weighted by Crippen LogP contribution is -2.34. The van der Waals surface area contributed by atoms with E-state index in [1.807, 2.05) is 41.3 Å². The van der Waals surface area contributed by atoms with Gasteiger partial charge in [0.05, 0.1) is 18.0 Å². The van der Waals surface area contributed by atoms with E-state index in [-0.39, 0.29) is 5.91 Å². The van der Waals surface area contributed by atoms with Crippen LogP contribution >= 0.6 is 11.8 Å². The predicted octanol–water partition coefficient (Wildman–Crippen LogP) is 3.33. The number of hydrogen-bond donors (Lipinski definition) is 0. The molecule has 0 bridgehead atoms. The summed E-state index contributed by atoms with van der Waals surface area (Å²) in [6.45, 7) is 0.650. The summed E-state index contributed by atoms with van der Waals surface area (Å²) in [4.78, 5) is 15.1. The first kappa shape index (κ1) is 11.4. The molecule has 1 heterocycles. The van der Waals surface area contributed by atoms with Crippen LogP contribution in [0, 0.1) is 0 Å². The van der Waals surface area contributed by atoms with Crippen LogP contribution in [-0.4, -0.2) is 11.7 Å². The predicted molar refractivity (Wildman–Crippen MR) is 74.8 cm³/mol. The lowest BCUT2D eigenvalue weighted by atomic mass is 10.2. The summed E-state index contributed by atoms with van der Waals surface area (Å²) < 4.78 is 0. The van der Waals surface area contributed by atoms with E-state index in [1.54, 1.807) is 11.8 Å². The lowest BCUT2D eigenvalue weighted by Gasteiger charge is -2.28. The summed E-state index contributed by atoms with van der Waals surface area (Å²) in [6.07, 6.45) is 0. The molecule has 3 rings (SSSR count). The van der Waals surface area contributed by atoms with E-state index in [1.165, 1.54) is 4.90 Å². The van der Waals surface area contributed by atoms with Crippen molar-refractivity contribution in [1.29, 1.82) is 0 Å². The fourth-order valence-corrected chi connectivity index (χ4v) is 3.03. The Labute approximate surface area is 111 Å². The van der Waals surface area contributed by atoms with Crippen LogP contribution in [0.2, 0.25) is 0 Å². The lowest BCUT2D eigenvalue weighted by molar-refractivity contribution is -0.116. The number of para-hydroxylation sites is 1. The van der Waals surface area contributed by atoms with Gasteiger partial charge in [0.15, 0.2) is 0 Å². The van der Waals surface area contributed by atoms with Crippen LogP contribution in [0.5, 0.6) is 0 Å². The van der Waals surface area contributed by atoms with Gasteiger partial charge in [0.1, 0.15) is 0 Å². The van der Waals surface area contributed by atoms with Gasteiger partial charge < -0.3 is 4.90 Å². The van der Waals surface area contributed by atoms with Crippen LogP contribution in [0.25, 0.3) is 0 Å². The van der Waals surface area contributed by atoms with Gasteiger partial charge in [-0.1, -0.05) is 42.5 Å². The van der Waals surface area contributed by atoms with Crippen molar-refractivity contribution < 1.29 is 4.79 Å². The summed E-state index contributed by atoms with van der Waals surface area (Å²) in [5.41, 5.74) is 2.19. The maximum absolute atomic E-state index is 12.1. The first-order valence-corrected chi connectivity index (χ1v) is 6.89. The van der Waals surface area contributed by atoms with Gasteiger partial charge in [0, 0.05) is 4.90 Å². The molecule has 0 radical (unpaired) electrons. The van der Waals surface area contributed by atoms with Gasteiger partial charge in [-0.15, -0.1) is 11.8 Å². The van der Waals surface area contributed by atoms with Gasteiger partial charge in [-0.3, -0.25) is 4.79 Å². The Morgan fingerprint density at radius 2 is 1.72 bits per heavy atom. The first-order valence-electron chi connectivity index (χ1n) is 5.91. The molecule has 0 unspecified atom stereocenters. The van der Waals surface area contributed by atoms with Crippen molar-refractivity contribution in [2.24, 2.45) is 0 Å². The van der Waals surface area contributed by atoms with Crippen molar-refractivity contribution in [2.45, 2.75) is 11.4 Å². The largest absolute Gasteiger partial charge is 0.306 e. The molecule has 1 aliphatic rings. The number of rotatable bonds is 2. The fraction of sp³-hybridized carbons (Fsp3) is 0.133. The molecule has 2 aromatic rings. The Morgan fingerprint density at radius 3 is 2.56 bits per heavy atom. The average molecular weight is 255 g/mol. The van der Waals surface area contributed by atoms with E-state index in [0.29, 0.717) is 12.3 Å². The molecule has 0 saturated heterocycles. The van der Waals surface area contributed by atoms with Crippen molar-refractivity contribution >= 4 is 23.4 Å². The van der Waals surface area contributed by atoms with E-state index in [0.717, 1.165) is 11.3 Å². The smallest absolute Gasteiger partial charge is 0.237 e. The zero-order valence-corrected chi connectivity index (χ0v) is 10.7. The number of benzene rings is 2. The van der Waals surface area contributed by atoms with Crippen LogP contribution in [0.15, 0.2) is 59.5 Å². The number of thioether (sulfide) groups is 1. The minimum Gasteiger partial charge on any atom is -0.306 e. The maximum Gasteiger partial charge on any atom is 0.237 e. The molecule has 0 N–H and O–H groups in total. The van der Waals surface area contributed by atoms with E-state index >= 15 is 0 Å². The Kier molecular flexibility index (Phi) is 3.07. The summed E-state index contributed by atoms with van der Waals surface area (Å²) in [7, 11) is 0. The molecular formula is C15H13NOS. The molecule has 18 heavy (non-hydrogen) atoms. The summed E-state index contributed by atoms with van der Waals surface area (Å²) in [6, 6.07) is 18.2. The Balaban J connectivity index is 1.94. The van der Waals surface area contributed by atoms with Crippen molar-refractivity contribution in [3.8, 4) is 0 Å². The number of amides is 1. The minimum atomic E-state index is 0.183. The Bertz CT molecular complexity index is 568. The quantitative estimate of drug-likeness (QED) is 0.820. The van der Waals surface area contributed by atoms with Crippen molar-refractivity contribution in [2.75, 3.05) is 10.7 Å². The molecule has 90 valence electrons. The van der Waals surface area contributed by atoms with E-state index in [9.17, 15) is 4.79 Å². The number of hydrogen-bond acceptors (Lipinski definition) is 2. The molecule has 0 fully saturated rings. The van der Waals surface area contributed by atoms with Crippen LogP contribution in [0.1, 0.15) is 5.56 Å². The van der Waals surface area contributed by atoms with Crippen LogP contribution in [-0.2, 0) is 11.3 Å². The molecule has 2 aromatic carbocycles. The molecule has 3 heteroatoms. The zero-order chi connectivity index (χ0) is 12.4. The van der Waals surface area contributed by atoms with E-state index in [2.05, 4.69) is 18.2 Å². The first-order chi connectivity index (χ1) is 8.84.